The summed E-state index contributed by atoms with van der Waals surface area (Å²) in [6, 6.07) is 0.0590. The lowest BCUT2D eigenvalue weighted by atomic mass is 9.99. The first-order valence-electron chi connectivity index (χ1n) is 6.69. The van der Waals surface area contributed by atoms with Crippen LogP contribution >= 0.6 is 0 Å². The molecule has 1 saturated heterocycles. The molecule has 96 valence electrons. The molecular weight excluding hydrogens is 214 g/mol. The van der Waals surface area contributed by atoms with Crippen LogP contribution in [0.3, 0.4) is 0 Å². The zero-order chi connectivity index (χ0) is 12.1. The van der Waals surface area contributed by atoms with Crippen LogP contribution in [0.15, 0.2) is 12.4 Å². The second kappa shape index (κ2) is 6.17. The zero-order valence-corrected chi connectivity index (χ0v) is 10.6. The molecule has 1 aliphatic heterocycles. The first-order chi connectivity index (χ1) is 8.29. The maximum atomic E-state index is 6.20. The summed E-state index contributed by atoms with van der Waals surface area (Å²) in [5, 5.41) is 4.32. The molecule has 0 aromatic carbocycles. The van der Waals surface area contributed by atoms with Crippen LogP contribution in [0.5, 0.6) is 0 Å². The number of aromatic nitrogens is 2. The third-order valence-electron chi connectivity index (χ3n) is 3.32. The number of nitrogens with zero attached hydrogens (tertiary/aromatic N) is 2. The molecule has 0 saturated carbocycles. The van der Waals surface area contributed by atoms with Crippen molar-refractivity contribution in [1.82, 2.24) is 9.78 Å². The van der Waals surface area contributed by atoms with Crippen molar-refractivity contribution in [3.8, 4) is 0 Å². The van der Waals surface area contributed by atoms with Crippen molar-refractivity contribution in [3.63, 3.8) is 0 Å². The fourth-order valence-electron chi connectivity index (χ4n) is 2.34. The molecule has 2 N–H and O–H groups in total. The summed E-state index contributed by atoms with van der Waals surface area (Å²) in [5.41, 5.74) is 7.33. The molecule has 2 rings (SSSR count). The normalized spacial score (nSPS) is 22.6. The van der Waals surface area contributed by atoms with Crippen molar-refractivity contribution in [2.75, 3.05) is 6.61 Å². The second-order valence-corrected chi connectivity index (χ2v) is 4.87. The summed E-state index contributed by atoms with van der Waals surface area (Å²) in [7, 11) is 0. The Morgan fingerprint density at radius 2 is 2.47 bits per heavy atom. The van der Waals surface area contributed by atoms with Gasteiger partial charge < -0.3 is 10.5 Å². The Labute approximate surface area is 103 Å². The Morgan fingerprint density at radius 3 is 3.18 bits per heavy atom. The van der Waals surface area contributed by atoms with Gasteiger partial charge in [0.05, 0.1) is 12.3 Å². The summed E-state index contributed by atoms with van der Waals surface area (Å²) in [6.45, 7) is 4.01. The topological polar surface area (TPSA) is 53.1 Å². The van der Waals surface area contributed by atoms with Gasteiger partial charge in [0.15, 0.2) is 0 Å². The predicted molar refractivity (Wildman–Crippen MR) is 67.7 cm³/mol. The molecule has 4 heteroatoms. The van der Waals surface area contributed by atoms with Crippen LogP contribution < -0.4 is 5.73 Å². The van der Waals surface area contributed by atoms with Crippen molar-refractivity contribution in [2.24, 2.45) is 5.73 Å². The van der Waals surface area contributed by atoms with Crippen LogP contribution in [-0.4, -0.2) is 22.5 Å². The third-order valence-corrected chi connectivity index (χ3v) is 3.32. The van der Waals surface area contributed by atoms with Crippen LogP contribution in [-0.2, 0) is 11.3 Å². The molecule has 0 amide bonds. The van der Waals surface area contributed by atoms with Gasteiger partial charge in [0.25, 0.3) is 0 Å². The molecule has 1 aromatic rings. The highest BCUT2D eigenvalue weighted by Crippen LogP contribution is 2.22. The first-order valence-corrected chi connectivity index (χ1v) is 6.69. The lowest BCUT2D eigenvalue weighted by Crippen LogP contribution is -2.24. The van der Waals surface area contributed by atoms with Gasteiger partial charge in [-0.1, -0.05) is 6.92 Å². The van der Waals surface area contributed by atoms with Gasteiger partial charge in [-0.05, 0) is 32.1 Å². The standard InChI is InChI=1S/C13H23N3O/c1-2-6-16-10-11(9-15-16)13(14)8-12-5-3-4-7-17-12/h9-10,12-13H,2-8,14H2,1H3. The molecular formula is C13H23N3O. The molecule has 2 heterocycles. The van der Waals surface area contributed by atoms with Gasteiger partial charge in [-0.25, -0.2) is 0 Å². The van der Waals surface area contributed by atoms with Crippen molar-refractivity contribution < 1.29 is 4.74 Å². The highest BCUT2D eigenvalue weighted by molar-refractivity contribution is 5.09. The van der Waals surface area contributed by atoms with Gasteiger partial charge in [-0.3, -0.25) is 4.68 Å². The van der Waals surface area contributed by atoms with E-state index in [2.05, 4.69) is 18.2 Å². The van der Waals surface area contributed by atoms with E-state index in [0.29, 0.717) is 6.10 Å². The molecule has 0 bridgehead atoms. The predicted octanol–water partition coefficient (Wildman–Crippen LogP) is 2.25. The Balaban J connectivity index is 1.86. The quantitative estimate of drug-likeness (QED) is 0.854. The minimum absolute atomic E-state index is 0.0590. The average molecular weight is 237 g/mol. The molecule has 2 unspecified atom stereocenters. The van der Waals surface area contributed by atoms with Crippen LogP contribution in [0.2, 0.25) is 0 Å². The van der Waals surface area contributed by atoms with Gasteiger partial charge in [-0.2, -0.15) is 5.10 Å². The van der Waals surface area contributed by atoms with Crippen molar-refractivity contribution >= 4 is 0 Å². The number of nitrogens with two attached hydrogens (primary N) is 1. The maximum Gasteiger partial charge on any atom is 0.0593 e. The SMILES string of the molecule is CCCn1cc(C(N)CC2CCCCO2)cn1. The largest absolute Gasteiger partial charge is 0.378 e. The molecule has 0 radical (unpaired) electrons. The number of rotatable bonds is 5. The van der Waals surface area contributed by atoms with E-state index in [9.17, 15) is 0 Å². The molecule has 4 nitrogen and oxygen atoms in total. The van der Waals surface area contributed by atoms with Crippen LogP contribution in [0, 0.1) is 0 Å². The molecule has 2 atom stereocenters. The van der Waals surface area contributed by atoms with Gasteiger partial charge in [0, 0.05) is 31.0 Å². The number of ether oxygens (including phenoxy) is 1. The average Bonchev–Trinajstić information content (AvgIpc) is 2.79. The van der Waals surface area contributed by atoms with Crippen molar-refractivity contribution in [3.05, 3.63) is 18.0 Å². The zero-order valence-electron chi connectivity index (χ0n) is 10.6. The summed E-state index contributed by atoms with van der Waals surface area (Å²) in [5.74, 6) is 0. The highest BCUT2D eigenvalue weighted by Gasteiger charge is 2.19. The monoisotopic (exact) mass is 237 g/mol. The molecule has 0 aliphatic carbocycles. The number of aryl methyl sites for hydroxylation is 1. The van der Waals surface area contributed by atoms with Gasteiger partial charge in [0.1, 0.15) is 0 Å². The van der Waals surface area contributed by atoms with E-state index in [-0.39, 0.29) is 6.04 Å². The van der Waals surface area contributed by atoms with Gasteiger partial charge in [-0.15, -0.1) is 0 Å². The van der Waals surface area contributed by atoms with E-state index in [0.717, 1.165) is 38.0 Å². The molecule has 0 spiro atoms. The van der Waals surface area contributed by atoms with Crippen LogP contribution in [0.1, 0.15) is 50.6 Å². The summed E-state index contributed by atoms with van der Waals surface area (Å²) >= 11 is 0. The van der Waals surface area contributed by atoms with Gasteiger partial charge in [0.2, 0.25) is 0 Å². The third kappa shape index (κ3) is 3.54. The minimum Gasteiger partial charge on any atom is -0.378 e. The Morgan fingerprint density at radius 1 is 1.59 bits per heavy atom. The van der Waals surface area contributed by atoms with E-state index >= 15 is 0 Å². The van der Waals surface area contributed by atoms with Crippen molar-refractivity contribution in [2.45, 2.75) is 57.7 Å². The van der Waals surface area contributed by atoms with E-state index in [1.165, 1.54) is 12.8 Å². The summed E-state index contributed by atoms with van der Waals surface area (Å²) in [6.07, 6.45) is 9.93. The molecule has 1 fully saturated rings. The molecule has 17 heavy (non-hydrogen) atoms. The van der Waals surface area contributed by atoms with Crippen LogP contribution in [0.4, 0.5) is 0 Å². The highest BCUT2D eigenvalue weighted by atomic mass is 16.5. The van der Waals surface area contributed by atoms with E-state index < -0.39 is 0 Å². The first kappa shape index (κ1) is 12.6. The number of hydrogen-bond acceptors (Lipinski definition) is 3. The van der Waals surface area contributed by atoms with Crippen LogP contribution in [0.25, 0.3) is 0 Å². The van der Waals surface area contributed by atoms with E-state index in [1.54, 1.807) is 0 Å². The maximum absolute atomic E-state index is 6.20. The number of hydrogen-bond donors (Lipinski definition) is 1. The lowest BCUT2D eigenvalue weighted by Gasteiger charge is -2.24. The summed E-state index contributed by atoms with van der Waals surface area (Å²) in [4.78, 5) is 0. The minimum atomic E-state index is 0.0590. The fourth-order valence-corrected chi connectivity index (χ4v) is 2.34. The Kier molecular flexibility index (Phi) is 4.57. The smallest absolute Gasteiger partial charge is 0.0593 e. The Hall–Kier alpha value is -0.870. The van der Waals surface area contributed by atoms with E-state index in [4.69, 9.17) is 10.5 Å². The fraction of sp³-hybridized carbons (Fsp3) is 0.769. The molecule has 1 aromatic heterocycles. The molecule has 1 aliphatic rings. The second-order valence-electron chi connectivity index (χ2n) is 4.87. The lowest BCUT2D eigenvalue weighted by molar-refractivity contribution is 0.00729. The Bertz CT molecular complexity index is 331. The summed E-state index contributed by atoms with van der Waals surface area (Å²) < 4.78 is 7.69. The van der Waals surface area contributed by atoms with Gasteiger partial charge >= 0.3 is 0 Å². The van der Waals surface area contributed by atoms with E-state index in [1.807, 2.05) is 10.9 Å². The van der Waals surface area contributed by atoms with Crippen molar-refractivity contribution in [1.29, 1.82) is 0 Å².